The van der Waals surface area contributed by atoms with Crippen LogP contribution in [0.2, 0.25) is 0 Å². The molecule has 5 nitrogen and oxygen atoms in total. The maximum Gasteiger partial charge on any atom is 0.230 e. The van der Waals surface area contributed by atoms with Crippen molar-refractivity contribution < 1.29 is 9.26 Å². The number of ether oxygens (including phenoxy) is 1. The van der Waals surface area contributed by atoms with E-state index in [1.54, 1.807) is 12.4 Å². The molecule has 1 aliphatic rings. The van der Waals surface area contributed by atoms with Crippen LogP contribution < -0.4 is 0 Å². The molecule has 0 saturated heterocycles. The summed E-state index contributed by atoms with van der Waals surface area (Å²) in [5.74, 6) is 2.52. The Kier molecular flexibility index (Phi) is 5.16. The van der Waals surface area contributed by atoms with Gasteiger partial charge in [0.1, 0.15) is 0 Å². The van der Waals surface area contributed by atoms with Crippen LogP contribution in [0, 0.1) is 5.92 Å². The Morgan fingerprint density at radius 3 is 2.68 bits per heavy atom. The van der Waals surface area contributed by atoms with Crippen molar-refractivity contribution in [3.8, 4) is 11.4 Å². The average Bonchev–Trinajstić information content (AvgIpc) is 3.07. The number of rotatable bonds is 6. The Morgan fingerprint density at radius 2 is 1.95 bits per heavy atom. The summed E-state index contributed by atoms with van der Waals surface area (Å²) in [5.41, 5.74) is 0.951. The number of pyridine rings is 1. The summed E-state index contributed by atoms with van der Waals surface area (Å²) in [6.07, 6.45) is 9.16. The second kappa shape index (κ2) is 7.49. The molecule has 5 heteroatoms. The topological polar surface area (TPSA) is 61.0 Å². The van der Waals surface area contributed by atoms with Crippen LogP contribution >= 0.6 is 0 Å². The average molecular weight is 301 g/mol. The highest BCUT2D eigenvalue weighted by Gasteiger charge is 2.26. The Bertz CT molecular complexity index is 562. The molecule has 0 aromatic carbocycles. The fourth-order valence-electron chi connectivity index (χ4n) is 2.99. The third-order valence-electron chi connectivity index (χ3n) is 4.28. The lowest BCUT2D eigenvalue weighted by Crippen LogP contribution is -2.18. The van der Waals surface area contributed by atoms with Crippen molar-refractivity contribution in [1.82, 2.24) is 15.1 Å². The fourth-order valence-corrected chi connectivity index (χ4v) is 2.99. The molecule has 0 bridgehead atoms. The molecule has 2 aromatic rings. The van der Waals surface area contributed by atoms with E-state index in [4.69, 9.17) is 9.26 Å². The standard InChI is InChI=1S/C17H23N3O2/c1-2-11-21-12-13-3-5-15(6-4-13)17-19-16(20-22-17)14-7-9-18-10-8-14/h7-10,13,15H,2-6,11-12H2,1H3/t13-,15-. The summed E-state index contributed by atoms with van der Waals surface area (Å²) in [6, 6.07) is 3.80. The van der Waals surface area contributed by atoms with Crippen LogP contribution in [0.1, 0.15) is 50.8 Å². The van der Waals surface area contributed by atoms with Gasteiger partial charge in [-0.1, -0.05) is 12.1 Å². The zero-order valence-corrected chi connectivity index (χ0v) is 13.1. The van der Waals surface area contributed by atoms with Crippen LogP contribution in [0.15, 0.2) is 29.0 Å². The molecule has 0 amide bonds. The van der Waals surface area contributed by atoms with Gasteiger partial charge in [0.2, 0.25) is 11.7 Å². The van der Waals surface area contributed by atoms with E-state index in [9.17, 15) is 0 Å². The molecule has 118 valence electrons. The van der Waals surface area contributed by atoms with Gasteiger partial charge in [-0.25, -0.2) is 0 Å². The lowest BCUT2D eigenvalue weighted by molar-refractivity contribution is 0.0813. The van der Waals surface area contributed by atoms with Crippen LogP contribution in [0.3, 0.4) is 0 Å². The van der Waals surface area contributed by atoms with Crippen LogP contribution in [-0.4, -0.2) is 28.3 Å². The maximum absolute atomic E-state index is 5.67. The third kappa shape index (κ3) is 3.71. The van der Waals surface area contributed by atoms with Gasteiger partial charge >= 0.3 is 0 Å². The lowest BCUT2D eigenvalue weighted by Gasteiger charge is -2.26. The molecular weight excluding hydrogens is 278 g/mol. The number of aromatic nitrogens is 3. The highest BCUT2D eigenvalue weighted by atomic mass is 16.5. The molecule has 2 aromatic heterocycles. The van der Waals surface area contributed by atoms with Crippen molar-refractivity contribution in [2.75, 3.05) is 13.2 Å². The highest BCUT2D eigenvalue weighted by Crippen LogP contribution is 2.35. The molecule has 1 fully saturated rings. The number of nitrogens with zero attached hydrogens (tertiary/aromatic N) is 3. The van der Waals surface area contributed by atoms with Crippen molar-refractivity contribution in [2.24, 2.45) is 5.92 Å². The molecule has 3 rings (SSSR count). The van der Waals surface area contributed by atoms with Crippen molar-refractivity contribution in [2.45, 2.75) is 44.9 Å². The Hall–Kier alpha value is -1.75. The lowest BCUT2D eigenvalue weighted by atomic mass is 9.82. The summed E-state index contributed by atoms with van der Waals surface area (Å²) in [5, 5.41) is 4.10. The zero-order chi connectivity index (χ0) is 15.2. The summed E-state index contributed by atoms with van der Waals surface area (Å²) < 4.78 is 11.1. The predicted molar refractivity (Wildman–Crippen MR) is 83.3 cm³/mol. The first-order valence-corrected chi connectivity index (χ1v) is 8.18. The SMILES string of the molecule is CCCOC[C@H]1CC[C@H](c2nc(-c3ccncc3)no2)CC1. The molecular formula is C17H23N3O2. The van der Waals surface area contributed by atoms with Crippen LogP contribution in [0.4, 0.5) is 0 Å². The maximum atomic E-state index is 5.67. The molecule has 1 aliphatic carbocycles. The fraction of sp³-hybridized carbons (Fsp3) is 0.588. The van der Waals surface area contributed by atoms with Gasteiger partial charge in [0.15, 0.2) is 0 Å². The van der Waals surface area contributed by atoms with Gasteiger partial charge in [0, 0.05) is 37.1 Å². The van der Waals surface area contributed by atoms with Crippen LogP contribution in [-0.2, 0) is 4.74 Å². The molecule has 1 saturated carbocycles. The minimum Gasteiger partial charge on any atom is -0.381 e. The summed E-state index contributed by atoms with van der Waals surface area (Å²) in [6.45, 7) is 3.92. The van der Waals surface area contributed by atoms with Crippen molar-refractivity contribution >= 4 is 0 Å². The molecule has 0 atom stereocenters. The molecule has 0 radical (unpaired) electrons. The highest BCUT2D eigenvalue weighted by molar-refractivity contribution is 5.52. The minimum absolute atomic E-state index is 0.394. The second-order valence-electron chi connectivity index (χ2n) is 5.98. The van der Waals surface area contributed by atoms with E-state index in [-0.39, 0.29) is 0 Å². The first-order valence-electron chi connectivity index (χ1n) is 8.18. The molecule has 0 aliphatic heterocycles. The van der Waals surface area contributed by atoms with Gasteiger partial charge in [-0.3, -0.25) is 4.98 Å². The largest absolute Gasteiger partial charge is 0.381 e. The van der Waals surface area contributed by atoms with Crippen molar-refractivity contribution in [1.29, 1.82) is 0 Å². The monoisotopic (exact) mass is 301 g/mol. The zero-order valence-electron chi connectivity index (χ0n) is 13.1. The van der Waals surface area contributed by atoms with Gasteiger partial charge < -0.3 is 9.26 Å². The van der Waals surface area contributed by atoms with E-state index < -0.39 is 0 Å². The number of hydrogen-bond acceptors (Lipinski definition) is 5. The Balaban J connectivity index is 1.55. The van der Waals surface area contributed by atoms with E-state index in [0.29, 0.717) is 17.7 Å². The molecule has 0 N–H and O–H groups in total. The molecule has 22 heavy (non-hydrogen) atoms. The number of hydrogen-bond donors (Lipinski definition) is 0. The molecule has 0 unspecified atom stereocenters. The Morgan fingerprint density at radius 1 is 1.18 bits per heavy atom. The summed E-state index contributed by atoms with van der Waals surface area (Å²) in [7, 11) is 0. The van der Waals surface area contributed by atoms with Crippen molar-refractivity contribution in [3.63, 3.8) is 0 Å². The summed E-state index contributed by atoms with van der Waals surface area (Å²) in [4.78, 5) is 8.58. The van der Waals surface area contributed by atoms with Gasteiger partial charge in [-0.2, -0.15) is 4.98 Å². The minimum atomic E-state index is 0.394. The van der Waals surface area contributed by atoms with E-state index >= 15 is 0 Å². The van der Waals surface area contributed by atoms with Crippen molar-refractivity contribution in [3.05, 3.63) is 30.4 Å². The quantitative estimate of drug-likeness (QED) is 0.759. The molecule has 0 spiro atoms. The smallest absolute Gasteiger partial charge is 0.230 e. The Labute approximate surface area is 131 Å². The second-order valence-corrected chi connectivity index (χ2v) is 5.98. The first kappa shape index (κ1) is 15.2. The van der Waals surface area contributed by atoms with Gasteiger partial charge in [-0.15, -0.1) is 0 Å². The van der Waals surface area contributed by atoms with Gasteiger partial charge in [-0.05, 0) is 50.2 Å². The van der Waals surface area contributed by atoms with E-state index in [2.05, 4.69) is 22.0 Å². The normalized spacial score (nSPS) is 21.9. The first-order chi connectivity index (χ1) is 10.9. The molecule has 2 heterocycles. The van der Waals surface area contributed by atoms with E-state index in [1.165, 1.54) is 12.8 Å². The van der Waals surface area contributed by atoms with E-state index in [0.717, 1.165) is 43.9 Å². The summed E-state index contributed by atoms with van der Waals surface area (Å²) >= 11 is 0. The van der Waals surface area contributed by atoms with Crippen LogP contribution in [0.25, 0.3) is 11.4 Å². The third-order valence-corrected chi connectivity index (χ3v) is 4.28. The predicted octanol–water partition coefficient (Wildman–Crippen LogP) is 3.83. The van der Waals surface area contributed by atoms with Gasteiger partial charge in [0.25, 0.3) is 0 Å². The van der Waals surface area contributed by atoms with E-state index in [1.807, 2.05) is 12.1 Å². The van der Waals surface area contributed by atoms with Gasteiger partial charge in [0.05, 0.1) is 0 Å². The van der Waals surface area contributed by atoms with Crippen LogP contribution in [0.5, 0.6) is 0 Å².